The standard InChI is InChI=1S/C13H16O4/c1-8-6-12(16-4)10(7-11(8)15-3)9(2)13(14)17-5/h6-7H,2H2,1,3-5H3. The Bertz CT molecular complexity index is 449. The molecule has 0 aliphatic carbocycles. The maximum absolute atomic E-state index is 11.4. The molecule has 0 N–H and O–H groups in total. The zero-order valence-corrected chi connectivity index (χ0v) is 10.5. The molecule has 1 rings (SSSR count). The van der Waals surface area contributed by atoms with Gasteiger partial charge in [-0.1, -0.05) is 6.58 Å². The summed E-state index contributed by atoms with van der Waals surface area (Å²) >= 11 is 0. The van der Waals surface area contributed by atoms with Crippen LogP contribution in [0.25, 0.3) is 5.57 Å². The highest BCUT2D eigenvalue weighted by Crippen LogP contribution is 2.32. The van der Waals surface area contributed by atoms with E-state index in [4.69, 9.17) is 9.47 Å². The Morgan fingerprint density at radius 2 is 1.71 bits per heavy atom. The van der Waals surface area contributed by atoms with E-state index in [0.29, 0.717) is 17.1 Å². The van der Waals surface area contributed by atoms with Crippen LogP contribution in [0, 0.1) is 6.92 Å². The summed E-state index contributed by atoms with van der Waals surface area (Å²) in [5, 5.41) is 0. The molecule has 4 nitrogen and oxygen atoms in total. The minimum atomic E-state index is -0.491. The lowest BCUT2D eigenvalue weighted by Gasteiger charge is -2.13. The van der Waals surface area contributed by atoms with Crippen LogP contribution in [0.4, 0.5) is 0 Å². The summed E-state index contributed by atoms with van der Waals surface area (Å²) in [6, 6.07) is 3.51. The summed E-state index contributed by atoms with van der Waals surface area (Å²) < 4.78 is 15.1. The van der Waals surface area contributed by atoms with E-state index in [1.165, 1.54) is 14.2 Å². The third kappa shape index (κ3) is 2.58. The second kappa shape index (κ2) is 5.39. The van der Waals surface area contributed by atoms with E-state index in [0.717, 1.165) is 5.56 Å². The number of hydrogen-bond donors (Lipinski definition) is 0. The fourth-order valence-electron chi connectivity index (χ4n) is 1.52. The second-order valence-corrected chi connectivity index (χ2v) is 3.49. The minimum absolute atomic E-state index is 0.239. The van der Waals surface area contributed by atoms with Crippen LogP contribution in [0.2, 0.25) is 0 Å². The van der Waals surface area contributed by atoms with Crippen LogP contribution in [0.5, 0.6) is 11.5 Å². The predicted octanol–water partition coefficient (Wildman–Crippen LogP) is 2.20. The summed E-state index contributed by atoms with van der Waals surface area (Å²) in [4.78, 5) is 11.4. The molecule has 0 saturated carbocycles. The first-order valence-corrected chi connectivity index (χ1v) is 5.05. The molecule has 0 amide bonds. The van der Waals surface area contributed by atoms with Crippen LogP contribution in [0.15, 0.2) is 18.7 Å². The van der Waals surface area contributed by atoms with Gasteiger partial charge in [0.15, 0.2) is 0 Å². The van der Waals surface area contributed by atoms with Gasteiger partial charge in [-0.15, -0.1) is 0 Å². The molecule has 0 spiro atoms. The first kappa shape index (κ1) is 13.1. The van der Waals surface area contributed by atoms with Crippen LogP contribution in [-0.4, -0.2) is 27.3 Å². The minimum Gasteiger partial charge on any atom is -0.496 e. The molecule has 1 aromatic carbocycles. The molecule has 0 fully saturated rings. The molecule has 0 atom stereocenters. The number of carbonyl (C=O) groups is 1. The summed E-state index contributed by atoms with van der Waals surface area (Å²) in [6.45, 7) is 5.59. The molecule has 0 aromatic heterocycles. The number of hydrogen-bond acceptors (Lipinski definition) is 4. The molecule has 0 aliphatic heterocycles. The van der Waals surface area contributed by atoms with E-state index in [1.807, 2.05) is 6.92 Å². The van der Waals surface area contributed by atoms with E-state index in [9.17, 15) is 4.79 Å². The highest BCUT2D eigenvalue weighted by atomic mass is 16.5. The monoisotopic (exact) mass is 236 g/mol. The van der Waals surface area contributed by atoms with Crippen LogP contribution in [-0.2, 0) is 9.53 Å². The van der Waals surface area contributed by atoms with Gasteiger partial charge in [0.2, 0.25) is 0 Å². The van der Waals surface area contributed by atoms with Crippen LogP contribution >= 0.6 is 0 Å². The lowest BCUT2D eigenvalue weighted by atomic mass is 10.0. The smallest absolute Gasteiger partial charge is 0.337 e. The average Bonchev–Trinajstić information content (AvgIpc) is 2.36. The molecule has 0 aliphatic rings. The maximum Gasteiger partial charge on any atom is 0.337 e. The molecule has 0 radical (unpaired) electrons. The molecule has 0 unspecified atom stereocenters. The summed E-state index contributed by atoms with van der Waals surface area (Å²) in [6.07, 6.45) is 0. The van der Waals surface area contributed by atoms with Crippen molar-refractivity contribution < 1.29 is 19.0 Å². The quantitative estimate of drug-likeness (QED) is 0.594. The van der Waals surface area contributed by atoms with Crippen molar-refractivity contribution in [3.05, 3.63) is 29.8 Å². The molecule has 0 saturated heterocycles. The number of methoxy groups -OCH3 is 3. The molecule has 92 valence electrons. The third-order valence-corrected chi connectivity index (χ3v) is 2.47. The van der Waals surface area contributed by atoms with Crippen LogP contribution in [0.1, 0.15) is 11.1 Å². The molecule has 0 heterocycles. The van der Waals surface area contributed by atoms with Gasteiger partial charge in [-0.2, -0.15) is 0 Å². The first-order chi connectivity index (χ1) is 8.04. The lowest BCUT2D eigenvalue weighted by molar-refractivity contribution is -0.133. The highest BCUT2D eigenvalue weighted by molar-refractivity contribution is 6.16. The van der Waals surface area contributed by atoms with Crippen molar-refractivity contribution in [3.63, 3.8) is 0 Å². The van der Waals surface area contributed by atoms with Gasteiger partial charge < -0.3 is 14.2 Å². The first-order valence-electron chi connectivity index (χ1n) is 5.05. The Morgan fingerprint density at radius 1 is 1.12 bits per heavy atom. The van der Waals surface area contributed by atoms with Gasteiger partial charge in [0, 0.05) is 5.56 Å². The topological polar surface area (TPSA) is 44.8 Å². The van der Waals surface area contributed by atoms with Crippen molar-refractivity contribution in [3.8, 4) is 11.5 Å². The van der Waals surface area contributed by atoms with Crippen molar-refractivity contribution in [2.75, 3.05) is 21.3 Å². The third-order valence-electron chi connectivity index (χ3n) is 2.47. The number of esters is 1. The van der Waals surface area contributed by atoms with Crippen molar-refractivity contribution in [2.24, 2.45) is 0 Å². The Hall–Kier alpha value is -1.97. The van der Waals surface area contributed by atoms with E-state index in [-0.39, 0.29) is 5.57 Å². The van der Waals surface area contributed by atoms with Gasteiger partial charge in [-0.3, -0.25) is 0 Å². The maximum atomic E-state index is 11.4. The summed E-state index contributed by atoms with van der Waals surface area (Å²) in [5.74, 6) is 0.749. The zero-order chi connectivity index (χ0) is 13.0. The van der Waals surface area contributed by atoms with Gasteiger partial charge >= 0.3 is 5.97 Å². The normalized spacial score (nSPS) is 9.65. The summed E-state index contributed by atoms with van der Waals surface area (Å²) in [5.41, 5.74) is 1.73. The molecular formula is C13H16O4. The Labute approximate surface area is 101 Å². The Balaban J connectivity index is 3.30. The van der Waals surface area contributed by atoms with E-state index in [2.05, 4.69) is 11.3 Å². The summed E-state index contributed by atoms with van der Waals surface area (Å²) in [7, 11) is 4.42. The van der Waals surface area contributed by atoms with E-state index >= 15 is 0 Å². The predicted molar refractivity (Wildman–Crippen MR) is 65.3 cm³/mol. The lowest BCUT2D eigenvalue weighted by Crippen LogP contribution is -2.05. The largest absolute Gasteiger partial charge is 0.496 e. The number of ether oxygens (including phenoxy) is 3. The number of rotatable bonds is 4. The van der Waals surface area contributed by atoms with Crippen molar-refractivity contribution in [1.82, 2.24) is 0 Å². The van der Waals surface area contributed by atoms with Crippen molar-refractivity contribution in [2.45, 2.75) is 6.92 Å². The highest BCUT2D eigenvalue weighted by Gasteiger charge is 2.16. The Kier molecular flexibility index (Phi) is 4.15. The number of benzene rings is 1. The van der Waals surface area contributed by atoms with E-state index < -0.39 is 5.97 Å². The molecular weight excluding hydrogens is 220 g/mol. The molecule has 17 heavy (non-hydrogen) atoms. The van der Waals surface area contributed by atoms with E-state index in [1.54, 1.807) is 19.2 Å². The molecule has 4 heteroatoms. The number of aryl methyl sites for hydroxylation is 1. The van der Waals surface area contributed by atoms with Crippen molar-refractivity contribution >= 4 is 11.5 Å². The molecule has 1 aromatic rings. The molecule has 0 bridgehead atoms. The van der Waals surface area contributed by atoms with Crippen LogP contribution in [0.3, 0.4) is 0 Å². The number of carbonyl (C=O) groups excluding carboxylic acids is 1. The fourth-order valence-corrected chi connectivity index (χ4v) is 1.52. The Morgan fingerprint density at radius 3 is 2.18 bits per heavy atom. The average molecular weight is 236 g/mol. The SMILES string of the molecule is C=C(C(=O)OC)c1cc(OC)c(C)cc1OC. The van der Waals surface area contributed by atoms with Gasteiger partial charge in [0.1, 0.15) is 11.5 Å². The van der Waals surface area contributed by atoms with Gasteiger partial charge in [-0.25, -0.2) is 4.79 Å². The van der Waals surface area contributed by atoms with Gasteiger partial charge in [-0.05, 0) is 24.6 Å². The second-order valence-electron chi connectivity index (χ2n) is 3.49. The van der Waals surface area contributed by atoms with Crippen LogP contribution < -0.4 is 9.47 Å². The van der Waals surface area contributed by atoms with Gasteiger partial charge in [0.05, 0.1) is 26.9 Å². The van der Waals surface area contributed by atoms with Gasteiger partial charge in [0.25, 0.3) is 0 Å². The zero-order valence-electron chi connectivity index (χ0n) is 10.5. The fraction of sp³-hybridized carbons (Fsp3) is 0.308. The van der Waals surface area contributed by atoms with Crippen molar-refractivity contribution in [1.29, 1.82) is 0 Å².